The van der Waals surface area contributed by atoms with E-state index >= 15 is 0 Å². The Hall–Kier alpha value is -3.62. The zero-order chi connectivity index (χ0) is 21.9. The Bertz CT molecular complexity index is 1090. The summed E-state index contributed by atoms with van der Waals surface area (Å²) < 4.78 is 40.2. The molecular formula is C21H19F3N4O2. The molecule has 156 valence electrons. The molecule has 6 nitrogen and oxygen atoms in total. The average molecular weight is 416 g/mol. The van der Waals surface area contributed by atoms with Crippen molar-refractivity contribution >= 4 is 11.8 Å². The Labute approximate surface area is 170 Å². The average Bonchev–Trinajstić information content (AvgIpc) is 3.12. The lowest BCUT2D eigenvalue weighted by Crippen LogP contribution is -2.24. The number of alkyl halides is 3. The first-order valence-corrected chi connectivity index (χ1v) is 9.02. The van der Waals surface area contributed by atoms with Crippen molar-refractivity contribution in [1.29, 1.82) is 0 Å². The fourth-order valence-electron chi connectivity index (χ4n) is 2.95. The summed E-state index contributed by atoms with van der Waals surface area (Å²) in [6.45, 7) is 1.78. The molecule has 2 amide bonds. The first-order valence-electron chi connectivity index (χ1n) is 9.02. The highest BCUT2D eigenvalue weighted by molar-refractivity contribution is 5.95. The molecule has 30 heavy (non-hydrogen) atoms. The van der Waals surface area contributed by atoms with E-state index in [0.29, 0.717) is 11.3 Å². The Morgan fingerprint density at radius 2 is 1.80 bits per heavy atom. The molecule has 0 radical (unpaired) electrons. The topological polar surface area (TPSA) is 76.0 Å². The van der Waals surface area contributed by atoms with Gasteiger partial charge in [-0.15, -0.1) is 0 Å². The van der Waals surface area contributed by atoms with E-state index in [9.17, 15) is 22.8 Å². The van der Waals surface area contributed by atoms with Gasteiger partial charge in [-0.2, -0.15) is 18.3 Å². The number of hydrogen-bond donors (Lipinski definition) is 2. The van der Waals surface area contributed by atoms with Crippen LogP contribution in [0.15, 0.2) is 54.7 Å². The normalized spacial score (nSPS) is 11.2. The molecule has 3 rings (SSSR count). The first-order chi connectivity index (χ1) is 14.2. The maximum atomic E-state index is 13.0. The molecule has 1 aromatic heterocycles. The van der Waals surface area contributed by atoms with E-state index in [-0.39, 0.29) is 23.7 Å². The van der Waals surface area contributed by atoms with Gasteiger partial charge in [0, 0.05) is 19.2 Å². The summed E-state index contributed by atoms with van der Waals surface area (Å²) in [5.41, 5.74) is 1.27. The van der Waals surface area contributed by atoms with Crippen LogP contribution in [-0.2, 0) is 12.7 Å². The Kier molecular flexibility index (Phi) is 5.91. The monoisotopic (exact) mass is 416 g/mol. The Morgan fingerprint density at radius 1 is 1.07 bits per heavy atom. The van der Waals surface area contributed by atoms with E-state index in [1.165, 1.54) is 30.1 Å². The number of amides is 2. The van der Waals surface area contributed by atoms with E-state index in [1.54, 1.807) is 31.2 Å². The van der Waals surface area contributed by atoms with Crippen molar-refractivity contribution in [2.24, 2.45) is 0 Å². The second-order valence-electron chi connectivity index (χ2n) is 6.57. The van der Waals surface area contributed by atoms with Crippen molar-refractivity contribution in [3.8, 4) is 5.69 Å². The van der Waals surface area contributed by atoms with Crippen molar-refractivity contribution in [2.45, 2.75) is 19.6 Å². The number of aromatic nitrogens is 2. The molecule has 0 aliphatic rings. The molecule has 2 N–H and O–H groups in total. The highest BCUT2D eigenvalue weighted by atomic mass is 19.4. The fraction of sp³-hybridized carbons (Fsp3) is 0.190. The lowest BCUT2D eigenvalue weighted by Gasteiger charge is -2.10. The number of nitrogens with zero attached hydrogens (tertiary/aromatic N) is 2. The fourth-order valence-corrected chi connectivity index (χ4v) is 2.95. The number of benzene rings is 2. The van der Waals surface area contributed by atoms with E-state index in [2.05, 4.69) is 15.7 Å². The number of hydrogen-bond acceptors (Lipinski definition) is 3. The molecule has 9 heteroatoms. The summed E-state index contributed by atoms with van der Waals surface area (Å²) in [5, 5.41) is 9.34. The number of carbonyl (C=O) groups excluding carboxylic acids is 2. The van der Waals surface area contributed by atoms with Gasteiger partial charge in [0.05, 0.1) is 28.7 Å². The molecule has 0 aliphatic carbocycles. The molecule has 0 bridgehead atoms. The van der Waals surface area contributed by atoms with Crippen LogP contribution >= 0.6 is 0 Å². The van der Waals surface area contributed by atoms with Crippen molar-refractivity contribution in [2.75, 3.05) is 7.05 Å². The second kappa shape index (κ2) is 8.40. The van der Waals surface area contributed by atoms with Gasteiger partial charge in [0.2, 0.25) is 0 Å². The highest BCUT2D eigenvalue weighted by Gasteiger charge is 2.30. The molecular weight excluding hydrogens is 397 g/mol. The third kappa shape index (κ3) is 4.51. The van der Waals surface area contributed by atoms with Crippen LogP contribution in [0.2, 0.25) is 0 Å². The first kappa shape index (κ1) is 21.1. The van der Waals surface area contributed by atoms with Gasteiger partial charge in [0.15, 0.2) is 0 Å². The maximum absolute atomic E-state index is 13.0. The number of nitrogens with one attached hydrogen (secondary N) is 2. The van der Waals surface area contributed by atoms with Crippen LogP contribution in [0.1, 0.15) is 37.5 Å². The minimum absolute atomic E-state index is 0.178. The van der Waals surface area contributed by atoms with Crippen molar-refractivity contribution in [1.82, 2.24) is 20.4 Å². The third-order valence-corrected chi connectivity index (χ3v) is 4.54. The van der Waals surface area contributed by atoms with Crippen LogP contribution in [0.25, 0.3) is 5.69 Å². The van der Waals surface area contributed by atoms with E-state index < -0.39 is 17.6 Å². The van der Waals surface area contributed by atoms with Gasteiger partial charge in [-0.05, 0) is 42.8 Å². The van der Waals surface area contributed by atoms with Gasteiger partial charge in [-0.3, -0.25) is 9.59 Å². The van der Waals surface area contributed by atoms with Gasteiger partial charge >= 0.3 is 6.18 Å². The molecule has 0 unspecified atom stereocenters. The summed E-state index contributed by atoms with van der Waals surface area (Å²) in [5.74, 6) is -0.655. The van der Waals surface area contributed by atoms with Crippen LogP contribution in [0.5, 0.6) is 0 Å². The second-order valence-corrected chi connectivity index (χ2v) is 6.57. The van der Waals surface area contributed by atoms with Crippen LogP contribution in [0.4, 0.5) is 13.2 Å². The summed E-state index contributed by atoms with van der Waals surface area (Å²) >= 11 is 0. The number of halogens is 3. The SMILES string of the molecule is CNC(=O)c1cccc(CNC(=O)c2cnn(-c3cccc(C(F)(F)F)c3)c2C)c1. The van der Waals surface area contributed by atoms with Crippen LogP contribution in [-0.4, -0.2) is 28.6 Å². The molecule has 3 aromatic rings. The van der Waals surface area contributed by atoms with E-state index in [4.69, 9.17) is 0 Å². The minimum atomic E-state index is -4.47. The van der Waals surface area contributed by atoms with E-state index in [0.717, 1.165) is 17.7 Å². The molecule has 0 saturated carbocycles. The highest BCUT2D eigenvalue weighted by Crippen LogP contribution is 2.30. The van der Waals surface area contributed by atoms with Crippen molar-refractivity contribution < 1.29 is 22.8 Å². The van der Waals surface area contributed by atoms with E-state index in [1.807, 2.05) is 0 Å². The zero-order valence-corrected chi connectivity index (χ0v) is 16.2. The Balaban J connectivity index is 1.76. The summed E-state index contributed by atoms with van der Waals surface area (Å²) in [7, 11) is 1.53. The van der Waals surface area contributed by atoms with Crippen LogP contribution in [0.3, 0.4) is 0 Å². The molecule has 0 spiro atoms. The molecule has 0 aliphatic heterocycles. The Morgan fingerprint density at radius 3 is 2.50 bits per heavy atom. The van der Waals surface area contributed by atoms with Gasteiger partial charge in [0.1, 0.15) is 0 Å². The van der Waals surface area contributed by atoms with Gasteiger partial charge in [-0.25, -0.2) is 4.68 Å². The van der Waals surface area contributed by atoms with Crippen molar-refractivity contribution in [3.63, 3.8) is 0 Å². The predicted octanol–water partition coefficient (Wildman–Crippen LogP) is 3.49. The van der Waals surface area contributed by atoms with Gasteiger partial charge in [-0.1, -0.05) is 18.2 Å². The molecule has 0 fully saturated rings. The smallest absolute Gasteiger partial charge is 0.355 e. The van der Waals surface area contributed by atoms with Gasteiger partial charge in [0.25, 0.3) is 11.8 Å². The molecule has 2 aromatic carbocycles. The quantitative estimate of drug-likeness (QED) is 0.669. The minimum Gasteiger partial charge on any atom is -0.355 e. The largest absolute Gasteiger partial charge is 0.416 e. The van der Waals surface area contributed by atoms with Crippen LogP contribution < -0.4 is 10.6 Å². The number of rotatable bonds is 5. The maximum Gasteiger partial charge on any atom is 0.416 e. The zero-order valence-electron chi connectivity index (χ0n) is 16.2. The van der Waals surface area contributed by atoms with Crippen molar-refractivity contribution in [3.05, 3.63) is 82.7 Å². The van der Waals surface area contributed by atoms with Crippen LogP contribution in [0, 0.1) is 6.92 Å². The lowest BCUT2D eigenvalue weighted by molar-refractivity contribution is -0.137. The predicted molar refractivity (Wildman–Crippen MR) is 104 cm³/mol. The molecule has 1 heterocycles. The third-order valence-electron chi connectivity index (χ3n) is 4.54. The lowest BCUT2D eigenvalue weighted by atomic mass is 10.1. The summed E-state index contributed by atoms with van der Waals surface area (Å²) in [6.07, 6.45) is -3.16. The molecule has 0 atom stereocenters. The summed E-state index contributed by atoms with van der Waals surface area (Å²) in [4.78, 5) is 24.3. The molecule has 0 saturated heterocycles. The summed E-state index contributed by atoms with van der Waals surface area (Å²) in [6, 6.07) is 11.5. The number of carbonyl (C=O) groups is 2. The standard InChI is InChI=1S/C21H19F3N4O2/c1-13-18(12-27-28(13)17-8-4-7-16(10-17)21(22,23)24)20(30)26-11-14-5-3-6-15(9-14)19(29)25-2/h3-10,12H,11H2,1-2H3,(H,25,29)(H,26,30). The van der Waals surface area contributed by atoms with Gasteiger partial charge < -0.3 is 10.6 Å².